The Morgan fingerprint density at radius 1 is 1.22 bits per heavy atom. The number of phenolic OH excluding ortho intramolecular Hbond substituents is 2. The minimum Gasteiger partial charge on any atom is -0.507 e. The Morgan fingerprint density at radius 2 is 1.83 bits per heavy atom. The summed E-state index contributed by atoms with van der Waals surface area (Å²) >= 11 is 0. The lowest BCUT2D eigenvalue weighted by Gasteiger charge is -2.20. The Morgan fingerprint density at radius 3 is 2.39 bits per heavy atom. The molecular weight excluding hydrogens is 298 g/mol. The zero-order valence-electron chi connectivity index (χ0n) is 12.4. The van der Waals surface area contributed by atoms with Crippen LogP contribution in [0.4, 0.5) is 0 Å². The Bertz CT molecular complexity index is 970. The number of nitrogens with zero attached hydrogens (tertiary/aromatic N) is 1. The van der Waals surface area contributed by atoms with Crippen molar-refractivity contribution in [2.75, 3.05) is 0 Å². The quantitative estimate of drug-likeness (QED) is 0.583. The van der Waals surface area contributed by atoms with Crippen LogP contribution in [0.2, 0.25) is 0 Å². The molecule has 1 aromatic carbocycles. The predicted octanol–water partition coefficient (Wildman–Crippen LogP) is 2.27. The first-order valence-corrected chi connectivity index (χ1v) is 7.52. The van der Waals surface area contributed by atoms with Crippen molar-refractivity contribution < 1.29 is 20.1 Å². The molecule has 0 saturated heterocycles. The highest BCUT2D eigenvalue weighted by Crippen LogP contribution is 2.57. The van der Waals surface area contributed by atoms with E-state index in [1.54, 1.807) is 6.92 Å². The first-order valence-electron chi connectivity index (χ1n) is 7.52. The third-order valence-electron chi connectivity index (χ3n) is 4.94. The molecule has 2 aromatic rings. The summed E-state index contributed by atoms with van der Waals surface area (Å²) in [7, 11) is 0. The highest BCUT2D eigenvalue weighted by Gasteiger charge is 2.39. The van der Waals surface area contributed by atoms with Gasteiger partial charge in [-0.05, 0) is 13.3 Å². The standard InChI is InChI=1S/C17H15NO5/c1-2-18-6-9(17(22)23)14(19)12-13(18)16(21)11-8-4-3-7(5-8)10(11)15(12)20/h3-4,6-8,20-21H,2,5H2,1H3,(H,22,23). The number of aromatic carboxylic acids is 1. The third kappa shape index (κ3) is 1.58. The van der Waals surface area contributed by atoms with Gasteiger partial charge in [-0.2, -0.15) is 0 Å². The van der Waals surface area contributed by atoms with Crippen LogP contribution in [0.5, 0.6) is 11.5 Å². The smallest absolute Gasteiger partial charge is 0.341 e. The van der Waals surface area contributed by atoms with E-state index < -0.39 is 17.0 Å². The summed E-state index contributed by atoms with van der Waals surface area (Å²) in [6.45, 7) is 2.15. The number of hydrogen-bond donors (Lipinski definition) is 3. The number of allylic oxidation sites excluding steroid dienone is 2. The van der Waals surface area contributed by atoms with Crippen molar-refractivity contribution >= 4 is 16.9 Å². The summed E-state index contributed by atoms with van der Waals surface area (Å²) in [5, 5.41) is 30.5. The lowest BCUT2D eigenvalue weighted by molar-refractivity contribution is 0.0695. The van der Waals surface area contributed by atoms with E-state index in [0.29, 0.717) is 17.7 Å². The first-order chi connectivity index (χ1) is 11.0. The lowest BCUT2D eigenvalue weighted by Crippen LogP contribution is -2.19. The molecule has 2 aliphatic rings. The number of phenols is 2. The molecule has 0 radical (unpaired) electrons. The van der Waals surface area contributed by atoms with Gasteiger partial charge in [0.15, 0.2) is 0 Å². The van der Waals surface area contributed by atoms with E-state index >= 15 is 0 Å². The molecule has 6 nitrogen and oxygen atoms in total. The number of aryl methyl sites for hydroxylation is 1. The highest BCUT2D eigenvalue weighted by molar-refractivity contribution is 5.99. The average Bonchev–Trinajstić information content (AvgIpc) is 3.13. The number of fused-ring (bicyclic) bond motifs is 6. The molecule has 0 saturated carbocycles. The van der Waals surface area contributed by atoms with E-state index in [1.165, 1.54) is 10.8 Å². The molecule has 4 rings (SSSR count). The van der Waals surface area contributed by atoms with Gasteiger partial charge in [0, 0.05) is 35.7 Å². The minimum atomic E-state index is -1.35. The lowest BCUT2D eigenvalue weighted by atomic mass is 9.91. The van der Waals surface area contributed by atoms with Crippen LogP contribution in [0.15, 0.2) is 23.1 Å². The fourth-order valence-corrected chi connectivity index (χ4v) is 3.94. The molecular formula is C17H15NO5. The molecule has 0 fully saturated rings. The Labute approximate surface area is 130 Å². The largest absolute Gasteiger partial charge is 0.507 e. The predicted molar refractivity (Wildman–Crippen MR) is 83.4 cm³/mol. The summed E-state index contributed by atoms with van der Waals surface area (Å²) in [6.07, 6.45) is 5.94. The van der Waals surface area contributed by atoms with Gasteiger partial charge in [0.1, 0.15) is 17.1 Å². The zero-order valence-corrected chi connectivity index (χ0v) is 12.4. The number of aromatic hydroxyl groups is 2. The van der Waals surface area contributed by atoms with E-state index in [0.717, 1.165) is 6.42 Å². The van der Waals surface area contributed by atoms with Crippen LogP contribution < -0.4 is 5.43 Å². The van der Waals surface area contributed by atoms with Gasteiger partial charge in [0.2, 0.25) is 5.43 Å². The molecule has 2 bridgehead atoms. The van der Waals surface area contributed by atoms with Crippen LogP contribution in [0.1, 0.15) is 46.7 Å². The van der Waals surface area contributed by atoms with Gasteiger partial charge >= 0.3 is 5.97 Å². The second kappa shape index (κ2) is 4.38. The molecule has 1 heterocycles. The van der Waals surface area contributed by atoms with Crippen molar-refractivity contribution in [3.05, 3.63) is 45.3 Å². The summed E-state index contributed by atoms with van der Waals surface area (Å²) in [5.41, 5.74) is 0.254. The van der Waals surface area contributed by atoms with Gasteiger partial charge in [-0.1, -0.05) is 12.2 Å². The number of aromatic nitrogens is 1. The monoisotopic (exact) mass is 313 g/mol. The summed E-state index contributed by atoms with van der Waals surface area (Å²) in [5.74, 6) is -1.57. The van der Waals surface area contributed by atoms with Gasteiger partial charge in [-0.3, -0.25) is 4.79 Å². The Balaban J connectivity index is 2.24. The topological polar surface area (TPSA) is 99.8 Å². The third-order valence-corrected chi connectivity index (χ3v) is 4.94. The Kier molecular flexibility index (Phi) is 2.64. The fraction of sp³-hybridized carbons (Fsp3) is 0.294. The van der Waals surface area contributed by atoms with Gasteiger partial charge in [-0.25, -0.2) is 4.79 Å². The van der Waals surface area contributed by atoms with E-state index in [2.05, 4.69) is 0 Å². The number of rotatable bonds is 2. The van der Waals surface area contributed by atoms with Crippen molar-refractivity contribution in [1.29, 1.82) is 0 Å². The molecule has 23 heavy (non-hydrogen) atoms. The van der Waals surface area contributed by atoms with Crippen LogP contribution in [-0.2, 0) is 6.54 Å². The second-order valence-electron chi connectivity index (χ2n) is 6.04. The molecule has 0 spiro atoms. The van der Waals surface area contributed by atoms with E-state index in [-0.39, 0.29) is 34.2 Å². The van der Waals surface area contributed by atoms with Crippen LogP contribution in [0.25, 0.3) is 10.9 Å². The average molecular weight is 313 g/mol. The number of pyridine rings is 1. The molecule has 6 heteroatoms. The van der Waals surface area contributed by atoms with Crippen LogP contribution in [0, 0.1) is 0 Å². The molecule has 2 unspecified atom stereocenters. The molecule has 2 aliphatic carbocycles. The minimum absolute atomic E-state index is 0.0273. The zero-order chi connectivity index (χ0) is 16.5. The Hall–Kier alpha value is -2.76. The molecule has 3 N–H and O–H groups in total. The second-order valence-corrected chi connectivity index (χ2v) is 6.04. The van der Waals surface area contributed by atoms with Gasteiger partial charge in [0.25, 0.3) is 0 Å². The van der Waals surface area contributed by atoms with Crippen molar-refractivity contribution in [3.8, 4) is 11.5 Å². The van der Waals surface area contributed by atoms with Crippen LogP contribution in [0.3, 0.4) is 0 Å². The van der Waals surface area contributed by atoms with E-state index in [1.807, 2.05) is 12.2 Å². The number of carbonyl (C=O) groups is 1. The number of carboxylic acids is 1. The van der Waals surface area contributed by atoms with Crippen LogP contribution >= 0.6 is 0 Å². The van der Waals surface area contributed by atoms with Crippen molar-refractivity contribution in [1.82, 2.24) is 4.57 Å². The van der Waals surface area contributed by atoms with E-state index in [9.17, 15) is 24.9 Å². The van der Waals surface area contributed by atoms with Crippen molar-refractivity contribution in [3.63, 3.8) is 0 Å². The maximum Gasteiger partial charge on any atom is 0.341 e. The normalized spacial score (nSPS) is 21.1. The molecule has 2 atom stereocenters. The molecule has 1 aromatic heterocycles. The molecule has 0 amide bonds. The SMILES string of the molecule is CCn1cc(C(=O)O)c(=O)c2c(O)c3c(c(O)c21)C1C=CC3C1. The number of hydrogen-bond acceptors (Lipinski definition) is 4. The number of benzene rings is 1. The maximum absolute atomic E-state index is 12.5. The van der Waals surface area contributed by atoms with Gasteiger partial charge in [-0.15, -0.1) is 0 Å². The van der Waals surface area contributed by atoms with Crippen LogP contribution in [-0.4, -0.2) is 25.9 Å². The van der Waals surface area contributed by atoms with E-state index in [4.69, 9.17) is 0 Å². The highest BCUT2D eigenvalue weighted by atomic mass is 16.4. The summed E-state index contributed by atoms with van der Waals surface area (Å²) in [4.78, 5) is 23.9. The van der Waals surface area contributed by atoms with Gasteiger partial charge < -0.3 is 19.9 Å². The fourth-order valence-electron chi connectivity index (χ4n) is 3.94. The first kappa shape index (κ1) is 13.9. The molecule has 118 valence electrons. The summed E-state index contributed by atoms with van der Waals surface area (Å²) in [6, 6.07) is 0. The van der Waals surface area contributed by atoms with Gasteiger partial charge in [0.05, 0.1) is 10.9 Å². The van der Waals surface area contributed by atoms with Crippen molar-refractivity contribution in [2.24, 2.45) is 0 Å². The number of carboxylic acid groups (broad SMARTS) is 1. The maximum atomic E-state index is 12.5. The van der Waals surface area contributed by atoms with Crippen molar-refractivity contribution in [2.45, 2.75) is 31.7 Å². The molecule has 0 aliphatic heterocycles. The summed E-state index contributed by atoms with van der Waals surface area (Å²) < 4.78 is 1.51.